The third-order valence-corrected chi connectivity index (χ3v) is 5.54. The van der Waals surface area contributed by atoms with Crippen molar-refractivity contribution in [3.63, 3.8) is 0 Å². The quantitative estimate of drug-likeness (QED) is 0.586. The zero-order chi connectivity index (χ0) is 19.0. The van der Waals surface area contributed by atoms with Gasteiger partial charge in [-0.1, -0.05) is 30.3 Å². The number of rotatable bonds is 4. The van der Waals surface area contributed by atoms with Crippen molar-refractivity contribution >= 4 is 26.9 Å². The summed E-state index contributed by atoms with van der Waals surface area (Å²) >= 11 is 0. The molecule has 2 heterocycles. The number of nitrogens with one attached hydrogen (secondary N) is 1. The molecule has 0 atom stereocenters. The van der Waals surface area contributed by atoms with Crippen molar-refractivity contribution < 1.29 is 12.8 Å². The fourth-order valence-electron chi connectivity index (χ4n) is 2.73. The Kier molecular flexibility index (Phi) is 4.04. The molecular weight excluding hydrogens is 366 g/mol. The van der Waals surface area contributed by atoms with Crippen molar-refractivity contribution in [2.75, 3.05) is 4.72 Å². The van der Waals surface area contributed by atoms with Crippen LogP contribution in [0.3, 0.4) is 0 Å². The molecule has 0 saturated carbocycles. The second kappa shape index (κ2) is 6.40. The highest BCUT2D eigenvalue weighted by molar-refractivity contribution is 7.92. The maximum atomic E-state index is 12.6. The van der Waals surface area contributed by atoms with Crippen molar-refractivity contribution in [3.8, 4) is 11.1 Å². The van der Waals surface area contributed by atoms with E-state index < -0.39 is 15.8 Å². The van der Waals surface area contributed by atoms with Gasteiger partial charge in [0.05, 0.1) is 10.4 Å². The number of pyridine rings is 1. The largest absolute Gasteiger partial charge is 0.419 e. The van der Waals surface area contributed by atoms with Crippen LogP contribution in [0, 0.1) is 0 Å². The molecule has 1 N–H and O–H groups in total. The maximum absolute atomic E-state index is 12.6. The Hall–Kier alpha value is -3.39. The molecule has 2 aromatic heterocycles. The normalized spacial score (nSPS) is 11.6. The van der Waals surface area contributed by atoms with Gasteiger partial charge in [-0.15, -0.1) is 0 Å². The van der Waals surface area contributed by atoms with E-state index in [2.05, 4.69) is 9.71 Å². The summed E-state index contributed by atoms with van der Waals surface area (Å²) in [5.41, 5.74) is 2.59. The lowest BCUT2D eigenvalue weighted by molar-refractivity contribution is 0.527. The monoisotopic (exact) mass is 381 g/mol. The van der Waals surface area contributed by atoms with Crippen LogP contribution in [0.15, 0.2) is 81.0 Å². The van der Waals surface area contributed by atoms with E-state index in [-0.39, 0.29) is 16.3 Å². The summed E-state index contributed by atoms with van der Waals surface area (Å²) in [6.07, 6.45) is 1.60. The average molecular weight is 381 g/mol. The van der Waals surface area contributed by atoms with Crippen LogP contribution in [-0.2, 0) is 17.1 Å². The van der Waals surface area contributed by atoms with Crippen LogP contribution in [-0.4, -0.2) is 18.0 Å². The molecular formula is C19H15N3O4S. The van der Waals surface area contributed by atoms with Gasteiger partial charge in [0.25, 0.3) is 10.0 Å². The highest BCUT2D eigenvalue weighted by Gasteiger charge is 2.17. The van der Waals surface area contributed by atoms with Gasteiger partial charge in [0.1, 0.15) is 5.82 Å². The molecule has 0 fully saturated rings. The van der Waals surface area contributed by atoms with Crippen molar-refractivity contribution in [2.24, 2.45) is 7.05 Å². The SMILES string of the molecule is Cn1c(=O)oc2cc(S(=O)(=O)Nc3ccc(-c4ccccc4)cn3)ccc21. The van der Waals surface area contributed by atoms with Gasteiger partial charge in [-0.05, 0) is 29.8 Å². The van der Waals surface area contributed by atoms with Gasteiger partial charge < -0.3 is 4.42 Å². The first-order valence-electron chi connectivity index (χ1n) is 8.08. The first kappa shape index (κ1) is 17.0. The number of sulfonamides is 1. The van der Waals surface area contributed by atoms with Gasteiger partial charge in [0, 0.05) is 24.9 Å². The Bertz CT molecular complexity index is 1270. The first-order chi connectivity index (χ1) is 12.9. The maximum Gasteiger partial charge on any atom is 0.419 e. The predicted molar refractivity (Wildman–Crippen MR) is 102 cm³/mol. The van der Waals surface area contributed by atoms with E-state index in [0.29, 0.717) is 5.52 Å². The van der Waals surface area contributed by atoms with E-state index in [1.165, 1.54) is 22.8 Å². The standard InChI is InChI=1S/C19H15N3O4S/c1-22-16-9-8-15(11-17(16)26-19(22)23)27(24,25)21-18-10-7-14(12-20-18)13-5-3-2-4-6-13/h2-12H,1H3,(H,20,21). The van der Waals surface area contributed by atoms with Crippen molar-refractivity contribution in [3.05, 3.63) is 77.4 Å². The van der Waals surface area contributed by atoms with Gasteiger partial charge in [-0.25, -0.2) is 18.2 Å². The molecule has 0 aliphatic heterocycles. The van der Waals surface area contributed by atoms with Crippen LogP contribution in [0.5, 0.6) is 0 Å². The van der Waals surface area contributed by atoms with Gasteiger partial charge in [0.2, 0.25) is 0 Å². The van der Waals surface area contributed by atoms with Gasteiger partial charge in [-0.3, -0.25) is 9.29 Å². The van der Waals surface area contributed by atoms with Gasteiger partial charge >= 0.3 is 5.76 Å². The Balaban J connectivity index is 1.62. The molecule has 0 amide bonds. The van der Waals surface area contributed by atoms with Crippen LogP contribution in [0.1, 0.15) is 0 Å². The van der Waals surface area contributed by atoms with Crippen molar-refractivity contribution in [2.45, 2.75) is 4.90 Å². The molecule has 136 valence electrons. The molecule has 2 aromatic carbocycles. The molecule has 0 aliphatic rings. The summed E-state index contributed by atoms with van der Waals surface area (Å²) in [4.78, 5) is 15.7. The third-order valence-electron chi connectivity index (χ3n) is 4.18. The molecule has 7 nitrogen and oxygen atoms in total. The smallest absolute Gasteiger partial charge is 0.408 e. The molecule has 0 radical (unpaired) electrons. The zero-order valence-corrected chi connectivity index (χ0v) is 15.1. The van der Waals surface area contributed by atoms with E-state index in [1.807, 2.05) is 30.3 Å². The van der Waals surface area contributed by atoms with Crippen LogP contribution in [0.4, 0.5) is 5.82 Å². The molecule has 0 saturated heterocycles. The topological polar surface area (TPSA) is 94.2 Å². The van der Waals surface area contributed by atoms with E-state index in [1.54, 1.807) is 25.4 Å². The fourth-order valence-corrected chi connectivity index (χ4v) is 3.76. The summed E-state index contributed by atoms with van der Waals surface area (Å²) in [7, 11) is -2.32. The molecule has 0 bridgehead atoms. The molecule has 0 aliphatic carbocycles. The van der Waals surface area contributed by atoms with Crippen LogP contribution in [0.25, 0.3) is 22.2 Å². The van der Waals surface area contributed by atoms with Crippen LogP contribution >= 0.6 is 0 Å². The number of aromatic nitrogens is 2. The van der Waals surface area contributed by atoms with E-state index >= 15 is 0 Å². The third kappa shape index (κ3) is 3.22. The van der Waals surface area contributed by atoms with Crippen molar-refractivity contribution in [1.82, 2.24) is 9.55 Å². The van der Waals surface area contributed by atoms with Gasteiger partial charge in [0.15, 0.2) is 5.58 Å². The summed E-state index contributed by atoms with van der Waals surface area (Å²) in [5.74, 6) is -0.352. The number of oxazole rings is 1. The highest BCUT2D eigenvalue weighted by atomic mass is 32.2. The molecule has 0 unspecified atom stereocenters. The first-order valence-corrected chi connectivity index (χ1v) is 9.56. The predicted octanol–water partition coefficient (Wildman–Crippen LogP) is 2.99. The molecule has 4 rings (SSSR count). The second-order valence-electron chi connectivity index (χ2n) is 5.96. The Morgan fingerprint density at radius 1 is 1.00 bits per heavy atom. The molecule has 0 spiro atoms. The van der Waals surface area contributed by atoms with E-state index in [4.69, 9.17) is 4.42 Å². The van der Waals surface area contributed by atoms with Gasteiger partial charge in [-0.2, -0.15) is 0 Å². The minimum absolute atomic E-state index is 0.0155. The van der Waals surface area contributed by atoms with E-state index in [0.717, 1.165) is 11.1 Å². The summed E-state index contributed by atoms with van der Waals surface area (Å²) < 4.78 is 34.0. The number of fused-ring (bicyclic) bond motifs is 1. The number of anilines is 1. The number of nitrogens with zero attached hydrogens (tertiary/aromatic N) is 2. The number of hydrogen-bond donors (Lipinski definition) is 1. The van der Waals surface area contributed by atoms with Crippen LogP contribution < -0.4 is 10.5 Å². The molecule has 27 heavy (non-hydrogen) atoms. The Morgan fingerprint density at radius 3 is 2.48 bits per heavy atom. The minimum Gasteiger partial charge on any atom is -0.408 e. The number of aryl methyl sites for hydroxylation is 1. The summed E-state index contributed by atoms with van der Waals surface area (Å²) in [5, 5.41) is 0. The average Bonchev–Trinajstić information content (AvgIpc) is 2.96. The summed E-state index contributed by atoms with van der Waals surface area (Å²) in [6.45, 7) is 0. The lowest BCUT2D eigenvalue weighted by Gasteiger charge is -2.08. The summed E-state index contributed by atoms with van der Waals surface area (Å²) in [6, 6.07) is 17.3. The van der Waals surface area contributed by atoms with E-state index in [9.17, 15) is 13.2 Å². The number of hydrogen-bond acceptors (Lipinski definition) is 5. The lowest BCUT2D eigenvalue weighted by Crippen LogP contribution is -2.13. The fraction of sp³-hybridized carbons (Fsp3) is 0.0526. The molecule has 8 heteroatoms. The zero-order valence-electron chi connectivity index (χ0n) is 14.3. The molecule has 4 aromatic rings. The Labute approximate surface area is 155 Å². The van der Waals surface area contributed by atoms with Crippen molar-refractivity contribution in [1.29, 1.82) is 0 Å². The lowest BCUT2D eigenvalue weighted by atomic mass is 10.1. The minimum atomic E-state index is -3.87. The van der Waals surface area contributed by atoms with Crippen LogP contribution in [0.2, 0.25) is 0 Å². The highest BCUT2D eigenvalue weighted by Crippen LogP contribution is 2.22. The second-order valence-corrected chi connectivity index (χ2v) is 7.64. The number of benzene rings is 2. The Morgan fingerprint density at radius 2 is 1.78 bits per heavy atom.